The van der Waals surface area contributed by atoms with Gasteiger partial charge >= 0.3 is 12.1 Å². The first kappa shape index (κ1) is 26.2. The van der Waals surface area contributed by atoms with Gasteiger partial charge in [-0.15, -0.1) is 0 Å². The first-order valence-electron chi connectivity index (χ1n) is 10.2. The first-order valence-corrected chi connectivity index (χ1v) is 11.6. The lowest BCUT2D eigenvalue weighted by molar-refractivity contribution is -0.144. The summed E-state index contributed by atoms with van der Waals surface area (Å²) in [7, 11) is -2.68. The van der Waals surface area contributed by atoms with Crippen LogP contribution in [0.2, 0.25) is 0 Å². The van der Waals surface area contributed by atoms with E-state index >= 15 is 0 Å². The van der Waals surface area contributed by atoms with Gasteiger partial charge in [0.25, 0.3) is 0 Å². The Labute approximate surface area is 199 Å². The molecule has 186 valence electrons. The number of hydrogen-bond acceptors (Lipinski definition) is 4. The summed E-state index contributed by atoms with van der Waals surface area (Å²) in [4.78, 5) is 11.1. The van der Waals surface area contributed by atoms with E-state index in [4.69, 9.17) is 4.74 Å². The molecule has 3 aromatic rings. The van der Waals surface area contributed by atoms with Crippen LogP contribution in [0.1, 0.15) is 18.1 Å². The maximum atomic E-state index is 13.3. The van der Waals surface area contributed by atoms with Gasteiger partial charge in [0.05, 0.1) is 10.5 Å². The number of sulfonamides is 1. The molecule has 0 aromatic heterocycles. The second-order valence-electron chi connectivity index (χ2n) is 7.72. The van der Waals surface area contributed by atoms with Crippen molar-refractivity contribution in [2.24, 2.45) is 0 Å². The van der Waals surface area contributed by atoms with Gasteiger partial charge in [0.1, 0.15) is 11.6 Å². The number of carboxylic acid groups (broad SMARTS) is 1. The quantitative estimate of drug-likeness (QED) is 0.421. The molecule has 11 heteroatoms. The van der Waals surface area contributed by atoms with Crippen molar-refractivity contribution in [1.82, 2.24) is 4.31 Å². The molecule has 0 aliphatic heterocycles. The Kier molecular flexibility index (Phi) is 7.51. The maximum absolute atomic E-state index is 13.3. The molecule has 0 heterocycles. The van der Waals surface area contributed by atoms with E-state index in [0.29, 0.717) is 5.56 Å². The SMILES string of the molecule is CC(Oc1ccc(CN(C)S(=O)(=O)c2ccc(F)cc2)cc1-c1cccc(C(F)(F)F)c1)C(=O)O. The molecule has 1 atom stereocenters. The average molecular weight is 511 g/mol. The standard InChI is InChI=1S/C24H21F4NO5S/c1-15(23(30)31)34-22-11-6-16(12-21(22)17-4-3-5-18(13-17)24(26,27)28)14-29(2)35(32,33)20-9-7-19(25)8-10-20/h3-13,15H,14H2,1-2H3,(H,30,31). The summed E-state index contributed by atoms with van der Waals surface area (Å²) in [5, 5.41) is 9.17. The molecule has 0 saturated heterocycles. The van der Waals surface area contributed by atoms with Crippen LogP contribution in [0.4, 0.5) is 17.6 Å². The highest BCUT2D eigenvalue weighted by atomic mass is 32.2. The Morgan fingerprint density at radius 1 is 1.06 bits per heavy atom. The Bertz CT molecular complexity index is 1320. The average Bonchev–Trinajstić information content (AvgIpc) is 2.79. The molecule has 0 amide bonds. The van der Waals surface area contributed by atoms with Crippen molar-refractivity contribution in [1.29, 1.82) is 0 Å². The third-order valence-corrected chi connectivity index (χ3v) is 6.94. The van der Waals surface area contributed by atoms with E-state index in [0.717, 1.165) is 40.7 Å². The highest BCUT2D eigenvalue weighted by Gasteiger charge is 2.31. The van der Waals surface area contributed by atoms with Gasteiger partial charge in [-0.2, -0.15) is 17.5 Å². The van der Waals surface area contributed by atoms with E-state index in [9.17, 15) is 35.9 Å². The number of carbonyl (C=O) groups is 1. The molecule has 0 aliphatic rings. The Morgan fingerprint density at radius 3 is 2.31 bits per heavy atom. The van der Waals surface area contributed by atoms with Gasteiger partial charge in [0.15, 0.2) is 6.10 Å². The minimum atomic E-state index is -4.60. The van der Waals surface area contributed by atoms with Crippen LogP contribution in [0.25, 0.3) is 11.1 Å². The lowest BCUT2D eigenvalue weighted by Gasteiger charge is -2.20. The van der Waals surface area contributed by atoms with E-state index in [1.54, 1.807) is 0 Å². The topological polar surface area (TPSA) is 83.9 Å². The predicted molar refractivity (Wildman–Crippen MR) is 120 cm³/mol. The smallest absolute Gasteiger partial charge is 0.416 e. The van der Waals surface area contributed by atoms with Gasteiger partial charge in [-0.25, -0.2) is 17.6 Å². The van der Waals surface area contributed by atoms with Crippen molar-refractivity contribution in [3.05, 3.63) is 83.7 Å². The molecular weight excluding hydrogens is 490 g/mol. The summed E-state index contributed by atoms with van der Waals surface area (Å²) in [6.07, 6.45) is -5.89. The molecule has 3 aromatic carbocycles. The van der Waals surface area contributed by atoms with Gasteiger partial charge in [-0.05, 0) is 66.6 Å². The summed E-state index contributed by atoms with van der Waals surface area (Å²) >= 11 is 0. The second-order valence-corrected chi connectivity index (χ2v) is 9.77. The molecule has 1 unspecified atom stereocenters. The van der Waals surface area contributed by atoms with Crippen LogP contribution in [0.5, 0.6) is 5.75 Å². The maximum Gasteiger partial charge on any atom is 0.416 e. The molecular formula is C24H21F4NO5S. The first-order chi connectivity index (χ1) is 16.3. The third-order valence-electron chi connectivity index (χ3n) is 5.12. The number of hydrogen-bond donors (Lipinski definition) is 1. The molecule has 0 aliphatic carbocycles. The van der Waals surface area contributed by atoms with E-state index in [1.165, 1.54) is 44.3 Å². The van der Waals surface area contributed by atoms with Crippen LogP contribution in [0.3, 0.4) is 0 Å². The minimum Gasteiger partial charge on any atom is -0.479 e. The Balaban J connectivity index is 2.01. The van der Waals surface area contributed by atoms with Gasteiger partial charge in [-0.1, -0.05) is 18.2 Å². The van der Waals surface area contributed by atoms with Crippen molar-refractivity contribution in [2.75, 3.05) is 7.05 Å². The van der Waals surface area contributed by atoms with Crippen LogP contribution in [0, 0.1) is 5.82 Å². The predicted octanol–water partition coefficient (Wildman–Crippen LogP) is 5.18. The molecule has 6 nitrogen and oxygen atoms in total. The number of benzene rings is 3. The second kappa shape index (κ2) is 10.0. The molecule has 3 rings (SSSR count). The number of nitrogens with zero attached hydrogens (tertiary/aromatic N) is 1. The van der Waals surface area contributed by atoms with E-state index in [1.807, 2.05) is 0 Å². The van der Waals surface area contributed by atoms with Crippen molar-refractivity contribution in [2.45, 2.75) is 30.6 Å². The van der Waals surface area contributed by atoms with Gasteiger partial charge in [-0.3, -0.25) is 0 Å². The van der Waals surface area contributed by atoms with Crippen LogP contribution in [0.15, 0.2) is 71.6 Å². The lowest BCUT2D eigenvalue weighted by Crippen LogP contribution is -2.26. The van der Waals surface area contributed by atoms with Crippen LogP contribution < -0.4 is 4.74 Å². The number of rotatable bonds is 8. The van der Waals surface area contributed by atoms with E-state index < -0.39 is 39.7 Å². The van der Waals surface area contributed by atoms with Crippen molar-refractivity contribution in [3.8, 4) is 16.9 Å². The van der Waals surface area contributed by atoms with Crippen LogP contribution >= 0.6 is 0 Å². The molecule has 0 fully saturated rings. The number of aliphatic carboxylic acids is 1. The van der Waals surface area contributed by atoms with Crippen LogP contribution in [-0.4, -0.2) is 37.0 Å². The monoisotopic (exact) mass is 511 g/mol. The summed E-state index contributed by atoms with van der Waals surface area (Å²) in [6.45, 7) is 1.11. The normalized spacial score (nSPS) is 13.0. The van der Waals surface area contributed by atoms with Crippen molar-refractivity contribution < 1.29 is 40.6 Å². The van der Waals surface area contributed by atoms with E-state index in [2.05, 4.69) is 0 Å². The number of ether oxygens (including phenoxy) is 1. The molecule has 0 radical (unpaired) electrons. The number of halogens is 4. The molecule has 1 N–H and O–H groups in total. The van der Waals surface area contributed by atoms with Gasteiger partial charge in [0, 0.05) is 19.2 Å². The lowest BCUT2D eigenvalue weighted by atomic mass is 9.99. The molecule has 0 bridgehead atoms. The van der Waals surface area contributed by atoms with Crippen molar-refractivity contribution in [3.63, 3.8) is 0 Å². The summed E-state index contributed by atoms with van der Waals surface area (Å²) in [6, 6.07) is 13.0. The van der Waals surface area contributed by atoms with Crippen LogP contribution in [-0.2, 0) is 27.5 Å². The fraction of sp³-hybridized carbons (Fsp3) is 0.208. The number of alkyl halides is 3. The molecule has 35 heavy (non-hydrogen) atoms. The fourth-order valence-corrected chi connectivity index (χ4v) is 4.40. The van der Waals surface area contributed by atoms with Gasteiger partial charge in [0.2, 0.25) is 10.0 Å². The zero-order valence-corrected chi connectivity index (χ0v) is 19.4. The van der Waals surface area contributed by atoms with Gasteiger partial charge < -0.3 is 9.84 Å². The highest BCUT2D eigenvalue weighted by molar-refractivity contribution is 7.89. The fourth-order valence-electron chi connectivity index (χ4n) is 3.24. The Morgan fingerprint density at radius 2 is 1.71 bits per heavy atom. The Hall–Kier alpha value is -3.44. The van der Waals surface area contributed by atoms with E-state index in [-0.39, 0.29) is 28.3 Å². The third kappa shape index (κ3) is 6.17. The summed E-state index contributed by atoms with van der Waals surface area (Å²) < 4.78 is 85.1. The summed E-state index contributed by atoms with van der Waals surface area (Å²) in [5.74, 6) is -1.84. The molecule has 0 spiro atoms. The molecule has 0 saturated carbocycles. The summed E-state index contributed by atoms with van der Waals surface area (Å²) in [5.41, 5.74) is -0.234. The van der Waals surface area contributed by atoms with Crippen molar-refractivity contribution >= 4 is 16.0 Å². The zero-order valence-electron chi connectivity index (χ0n) is 18.6. The largest absolute Gasteiger partial charge is 0.479 e. The minimum absolute atomic E-state index is 0.0204. The highest BCUT2D eigenvalue weighted by Crippen LogP contribution is 2.36. The zero-order chi connectivity index (χ0) is 26.0. The number of carboxylic acids is 1.